The molecule has 0 aliphatic heterocycles. The number of rotatable bonds is 3. The molecule has 1 saturated carbocycles. The minimum Gasteiger partial charge on any atom is -0.312 e. The van der Waals surface area contributed by atoms with E-state index in [0.717, 1.165) is 5.92 Å². The van der Waals surface area contributed by atoms with Crippen molar-refractivity contribution in [1.82, 2.24) is 5.32 Å². The lowest BCUT2D eigenvalue weighted by Crippen LogP contribution is -2.24. The molecule has 0 saturated heterocycles. The summed E-state index contributed by atoms with van der Waals surface area (Å²) in [4.78, 5) is 0. The molecule has 1 aromatic carbocycles. The summed E-state index contributed by atoms with van der Waals surface area (Å²) in [6, 6.07) is 8.82. The molecule has 0 radical (unpaired) electrons. The van der Waals surface area contributed by atoms with Crippen molar-refractivity contribution in [1.29, 1.82) is 0 Å². The molecule has 2 nitrogen and oxygen atoms in total. The van der Waals surface area contributed by atoms with Crippen LogP contribution >= 0.6 is 0 Å². The number of hydrogen-bond donors (Lipinski definition) is 2. The summed E-state index contributed by atoms with van der Waals surface area (Å²) in [5, 5.41) is 3.06. The van der Waals surface area contributed by atoms with Crippen LogP contribution in [0.4, 0.5) is 0 Å². The number of benzene rings is 1. The van der Waals surface area contributed by atoms with Crippen molar-refractivity contribution in [3.05, 3.63) is 35.4 Å². The average Bonchev–Trinajstić information content (AvgIpc) is 2.39. The summed E-state index contributed by atoms with van der Waals surface area (Å²) >= 11 is 0. The van der Waals surface area contributed by atoms with Crippen molar-refractivity contribution in [2.45, 2.75) is 44.2 Å². The van der Waals surface area contributed by atoms with E-state index in [1.165, 1.54) is 43.2 Å². The van der Waals surface area contributed by atoms with Crippen LogP contribution in [0.15, 0.2) is 24.3 Å². The monoisotopic (exact) mass is 218 g/mol. The summed E-state index contributed by atoms with van der Waals surface area (Å²) in [5.41, 5.74) is 8.57. The van der Waals surface area contributed by atoms with Gasteiger partial charge in [-0.2, -0.15) is 0 Å². The van der Waals surface area contributed by atoms with Crippen molar-refractivity contribution in [2.24, 2.45) is 5.73 Å². The van der Waals surface area contributed by atoms with Crippen molar-refractivity contribution in [3.63, 3.8) is 0 Å². The first-order valence-corrected chi connectivity index (χ1v) is 6.34. The van der Waals surface area contributed by atoms with Crippen LogP contribution in [0, 0.1) is 0 Å². The molecule has 0 aromatic heterocycles. The highest BCUT2D eigenvalue weighted by atomic mass is 15.0. The lowest BCUT2D eigenvalue weighted by Gasteiger charge is -2.22. The van der Waals surface area contributed by atoms with Crippen LogP contribution in [0.3, 0.4) is 0 Å². The molecule has 1 atom stereocenters. The third kappa shape index (κ3) is 2.63. The molecule has 88 valence electrons. The van der Waals surface area contributed by atoms with E-state index in [1.807, 2.05) is 7.05 Å². The van der Waals surface area contributed by atoms with Gasteiger partial charge in [0.25, 0.3) is 0 Å². The van der Waals surface area contributed by atoms with Crippen LogP contribution < -0.4 is 11.1 Å². The van der Waals surface area contributed by atoms with Crippen molar-refractivity contribution in [2.75, 3.05) is 7.05 Å². The molecule has 1 unspecified atom stereocenters. The van der Waals surface area contributed by atoms with E-state index in [9.17, 15) is 0 Å². The Morgan fingerprint density at radius 3 is 2.31 bits per heavy atom. The first kappa shape index (κ1) is 11.6. The summed E-state index contributed by atoms with van der Waals surface area (Å²) in [6.07, 6.45) is 6.87. The lowest BCUT2D eigenvalue weighted by atomic mass is 9.84. The third-order valence-corrected chi connectivity index (χ3v) is 3.68. The van der Waals surface area contributed by atoms with E-state index in [1.54, 1.807) is 0 Å². The highest BCUT2D eigenvalue weighted by Crippen LogP contribution is 2.32. The van der Waals surface area contributed by atoms with Gasteiger partial charge in [0, 0.05) is 0 Å². The van der Waals surface area contributed by atoms with Crippen LogP contribution in [0.25, 0.3) is 0 Å². The van der Waals surface area contributed by atoms with E-state index in [4.69, 9.17) is 5.73 Å². The number of hydrogen-bond acceptors (Lipinski definition) is 2. The molecule has 1 aliphatic carbocycles. The standard InChI is InChI=1S/C14H22N2/c1-16-14(15)13-9-7-12(8-10-13)11-5-3-2-4-6-11/h7-11,14,16H,2-6,15H2,1H3. The molecule has 1 aromatic rings. The maximum atomic E-state index is 5.91. The predicted molar refractivity (Wildman–Crippen MR) is 68.3 cm³/mol. The Bertz CT molecular complexity index is 312. The topological polar surface area (TPSA) is 38.0 Å². The molecule has 16 heavy (non-hydrogen) atoms. The highest BCUT2D eigenvalue weighted by Gasteiger charge is 2.15. The minimum absolute atomic E-state index is 0.0413. The molecule has 1 aliphatic rings. The lowest BCUT2D eigenvalue weighted by molar-refractivity contribution is 0.443. The van der Waals surface area contributed by atoms with Crippen molar-refractivity contribution < 1.29 is 0 Å². The van der Waals surface area contributed by atoms with Gasteiger partial charge in [0.15, 0.2) is 0 Å². The number of nitrogens with two attached hydrogens (primary N) is 1. The van der Waals surface area contributed by atoms with E-state index in [-0.39, 0.29) is 6.17 Å². The summed E-state index contributed by atoms with van der Waals surface area (Å²) in [7, 11) is 1.89. The van der Waals surface area contributed by atoms with Crippen LogP contribution in [0.1, 0.15) is 55.3 Å². The zero-order chi connectivity index (χ0) is 11.4. The molecule has 2 heteroatoms. The molecule has 0 heterocycles. The smallest absolute Gasteiger partial charge is 0.0807 e. The molecule has 0 bridgehead atoms. The number of nitrogens with one attached hydrogen (secondary N) is 1. The van der Waals surface area contributed by atoms with Crippen LogP contribution in [-0.4, -0.2) is 7.05 Å². The SMILES string of the molecule is CNC(N)c1ccc(C2CCCCC2)cc1. The second-order valence-electron chi connectivity index (χ2n) is 4.77. The Hall–Kier alpha value is -0.860. The predicted octanol–water partition coefficient (Wildman–Crippen LogP) is 2.91. The first-order chi connectivity index (χ1) is 7.81. The molecular weight excluding hydrogens is 196 g/mol. The van der Waals surface area contributed by atoms with Crippen molar-refractivity contribution in [3.8, 4) is 0 Å². The minimum atomic E-state index is -0.0413. The first-order valence-electron chi connectivity index (χ1n) is 6.34. The summed E-state index contributed by atoms with van der Waals surface area (Å²) < 4.78 is 0. The van der Waals surface area contributed by atoms with Gasteiger partial charge in [-0.1, -0.05) is 43.5 Å². The summed E-state index contributed by atoms with van der Waals surface area (Å²) in [5.74, 6) is 0.786. The van der Waals surface area contributed by atoms with E-state index < -0.39 is 0 Å². The van der Waals surface area contributed by atoms with E-state index in [0.29, 0.717) is 0 Å². The fourth-order valence-electron chi connectivity index (χ4n) is 2.58. The maximum Gasteiger partial charge on any atom is 0.0807 e. The van der Waals surface area contributed by atoms with Crippen molar-refractivity contribution >= 4 is 0 Å². The quantitative estimate of drug-likeness (QED) is 0.766. The average molecular weight is 218 g/mol. The van der Waals surface area contributed by atoms with Gasteiger partial charge in [0.2, 0.25) is 0 Å². The van der Waals surface area contributed by atoms with Crippen LogP contribution in [0.2, 0.25) is 0 Å². The second kappa shape index (κ2) is 5.46. The molecule has 3 N–H and O–H groups in total. The largest absolute Gasteiger partial charge is 0.312 e. The van der Waals surface area contributed by atoms with Gasteiger partial charge in [-0.05, 0) is 36.9 Å². The molecule has 1 fully saturated rings. The fraction of sp³-hybridized carbons (Fsp3) is 0.571. The highest BCUT2D eigenvalue weighted by molar-refractivity contribution is 5.27. The zero-order valence-corrected chi connectivity index (χ0v) is 10.1. The van der Waals surface area contributed by atoms with E-state index in [2.05, 4.69) is 29.6 Å². The fourth-order valence-corrected chi connectivity index (χ4v) is 2.58. The van der Waals surface area contributed by atoms with Gasteiger partial charge in [-0.15, -0.1) is 0 Å². The maximum absolute atomic E-state index is 5.91. The Morgan fingerprint density at radius 2 is 1.75 bits per heavy atom. The Balaban J connectivity index is 2.06. The van der Waals surface area contributed by atoms with Crippen LogP contribution in [-0.2, 0) is 0 Å². The molecule has 0 spiro atoms. The third-order valence-electron chi connectivity index (χ3n) is 3.68. The second-order valence-corrected chi connectivity index (χ2v) is 4.77. The molecular formula is C14H22N2. The Morgan fingerprint density at radius 1 is 1.12 bits per heavy atom. The van der Waals surface area contributed by atoms with Gasteiger partial charge >= 0.3 is 0 Å². The van der Waals surface area contributed by atoms with Gasteiger partial charge in [-0.3, -0.25) is 0 Å². The van der Waals surface area contributed by atoms with Gasteiger partial charge in [-0.25, -0.2) is 0 Å². The summed E-state index contributed by atoms with van der Waals surface area (Å²) in [6.45, 7) is 0. The molecule has 2 rings (SSSR count). The normalized spacial score (nSPS) is 19.6. The van der Waals surface area contributed by atoms with Gasteiger partial charge in [0.05, 0.1) is 6.17 Å². The van der Waals surface area contributed by atoms with Crippen LogP contribution in [0.5, 0.6) is 0 Å². The van der Waals surface area contributed by atoms with Gasteiger partial charge < -0.3 is 11.1 Å². The van der Waals surface area contributed by atoms with E-state index >= 15 is 0 Å². The molecule has 0 amide bonds. The zero-order valence-electron chi connectivity index (χ0n) is 10.1. The Labute approximate surface area is 98.2 Å². The van der Waals surface area contributed by atoms with Gasteiger partial charge in [0.1, 0.15) is 0 Å². The Kier molecular flexibility index (Phi) is 3.97.